The molecule has 0 aromatic heterocycles. The Morgan fingerprint density at radius 3 is 2.56 bits per heavy atom. The Bertz CT molecular complexity index is 514. The maximum Gasteiger partial charge on any atom is 0.232 e. The number of halogens is 2. The van der Waals surface area contributed by atoms with Crippen LogP contribution in [0.1, 0.15) is 5.56 Å². The van der Waals surface area contributed by atoms with Gasteiger partial charge in [-0.1, -0.05) is 0 Å². The van der Waals surface area contributed by atoms with Crippen molar-refractivity contribution < 1.29 is 22.3 Å². The van der Waals surface area contributed by atoms with E-state index in [1.54, 1.807) is 0 Å². The Morgan fingerprint density at radius 1 is 1.31 bits per heavy atom. The number of fused-ring (bicyclic) bond motifs is 1. The minimum absolute atomic E-state index is 0.00824. The highest BCUT2D eigenvalue weighted by Crippen LogP contribution is 2.34. The first-order valence-corrected chi connectivity index (χ1v) is 6.94. The smallest absolute Gasteiger partial charge is 0.232 e. The summed E-state index contributed by atoms with van der Waals surface area (Å²) in [5, 5.41) is 0. The van der Waals surface area contributed by atoms with Crippen molar-refractivity contribution >= 4 is 19.7 Å². The van der Waals surface area contributed by atoms with Gasteiger partial charge >= 0.3 is 0 Å². The first kappa shape index (κ1) is 11.5. The molecule has 4 nitrogen and oxygen atoms in total. The summed E-state index contributed by atoms with van der Waals surface area (Å²) in [4.78, 5) is 0. The average molecular weight is 267 g/mol. The van der Waals surface area contributed by atoms with Crippen LogP contribution >= 0.6 is 10.7 Å². The molecule has 2 rings (SSSR count). The zero-order chi connectivity index (χ0) is 11.8. The van der Waals surface area contributed by atoms with Gasteiger partial charge in [0.25, 0.3) is 0 Å². The summed E-state index contributed by atoms with van der Waals surface area (Å²) in [6.07, 6.45) is 0.00824. The molecule has 0 N–H and O–H groups in total. The lowest BCUT2D eigenvalue weighted by Crippen LogP contribution is -2.02. The van der Waals surface area contributed by atoms with E-state index >= 15 is 0 Å². The van der Waals surface area contributed by atoms with Gasteiger partial charge in [0.15, 0.2) is 11.5 Å². The number of rotatable bonds is 3. The molecule has 0 saturated carbocycles. The fourth-order valence-electron chi connectivity index (χ4n) is 1.38. The van der Waals surface area contributed by atoms with E-state index in [1.807, 2.05) is 0 Å². The highest BCUT2D eigenvalue weighted by molar-refractivity contribution is 8.13. The van der Waals surface area contributed by atoms with Gasteiger partial charge in [-0.3, -0.25) is 0 Å². The highest BCUT2D eigenvalue weighted by atomic mass is 35.7. The van der Waals surface area contributed by atoms with Gasteiger partial charge in [-0.25, -0.2) is 12.8 Å². The van der Waals surface area contributed by atoms with Gasteiger partial charge in [-0.05, 0) is 18.1 Å². The molecule has 1 aromatic rings. The van der Waals surface area contributed by atoms with Crippen LogP contribution in [0.15, 0.2) is 12.1 Å². The zero-order valence-electron chi connectivity index (χ0n) is 8.07. The van der Waals surface area contributed by atoms with Gasteiger partial charge in [0.05, 0.1) is 5.75 Å². The summed E-state index contributed by atoms with van der Waals surface area (Å²) in [5.74, 6) is -0.0894. The Hall–Kier alpha value is -1.01. The molecule has 88 valence electrons. The van der Waals surface area contributed by atoms with Crippen LogP contribution in [0.3, 0.4) is 0 Å². The van der Waals surface area contributed by atoms with E-state index in [2.05, 4.69) is 0 Å². The van der Waals surface area contributed by atoms with Crippen molar-refractivity contribution in [3.63, 3.8) is 0 Å². The zero-order valence-corrected chi connectivity index (χ0v) is 9.65. The molecule has 7 heteroatoms. The average Bonchev–Trinajstić information content (AvgIpc) is 2.59. The van der Waals surface area contributed by atoms with Crippen molar-refractivity contribution in [1.82, 2.24) is 0 Å². The van der Waals surface area contributed by atoms with Gasteiger partial charge in [-0.2, -0.15) is 0 Å². The third kappa shape index (κ3) is 2.56. The molecule has 1 aliphatic heterocycles. The van der Waals surface area contributed by atoms with Gasteiger partial charge in [0.2, 0.25) is 15.8 Å². The molecule has 0 unspecified atom stereocenters. The Labute approximate surface area is 96.3 Å². The van der Waals surface area contributed by atoms with Crippen LogP contribution < -0.4 is 9.47 Å². The number of aryl methyl sites for hydroxylation is 1. The SMILES string of the molecule is O=S(=O)(Cl)CCc1cc2c(cc1F)OCO2. The molecular weight excluding hydrogens is 259 g/mol. The first-order chi connectivity index (χ1) is 7.46. The van der Waals surface area contributed by atoms with Crippen molar-refractivity contribution in [1.29, 1.82) is 0 Å². The summed E-state index contributed by atoms with van der Waals surface area (Å²) in [6.45, 7) is 0.0477. The second-order valence-corrected chi connectivity index (χ2v) is 6.19. The standard InChI is InChI=1S/C9H8ClFO4S/c10-16(12,13)2-1-6-3-8-9(4-7(6)11)15-5-14-8/h3-4H,1-2,5H2. The maximum absolute atomic E-state index is 13.4. The Kier molecular flexibility index (Phi) is 2.94. The van der Waals surface area contributed by atoms with E-state index in [9.17, 15) is 12.8 Å². The Balaban J connectivity index is 2.22. The minimum Gasteiger partial charge on any atom is -0.454 e. The predicted molar refractivity (Wildman–Crippen MR) is 55.9 cm³/mol. The monoisotopic (exact) mass is 266 g/mol. The predicted octanol–water partition coefficient (Wildman–Crippen LogP) is 1.67. The number of hydrogen-bond donors (Lipinski definition) is 0. The van der Waals surface area contributed by atoms with Crippen LogP contribution in [0.25, 0.3) is 0 Å². The molecule has 16 heavy (non-hydrogen) atoms. The van der Waals surface area contributed by atoms with E-state index in [-0.39, 0.29) is 24.5 Å². The van der Waals surface area contributed by atoms with E-state index in [4.69, 9.17) is 20.2 Å². The Morgan fingerprint density at radius 2 is 1.94 bits per heavy atom. The van der Waals surface area contributed by atoms with Crippen LogP contribution in [0, 0.1) is 5.82 Å². The molecule has 0 atom stereocenters. The van der Waals surface area contributed by atoms with Crippen molar-refractivity contribution in [2.24, 2.45) is 0 Å². The van der Waals surface area contributed by atoms with Gasteiger partial charge in [0, 0.05) is 16.7 Å². The fraction of sp³-hybridized carbons (Fsp3) is 0.333. The van der Waals surface area contributed by atoms with Crippen LogP contribution in [0.4, 0.5) is 4.39 Å². The minimum atomic E-state index is -3.62. The lowest BCUT2D eigenvalue weighted by molar-refractivity contribution is 0.174. The topological polar surface area (TPSA) is 52.6 Å². The fourth-order valence-corrected chi connectivity index (χ4v) is 2.08. The molecule has 1 heterocycles. The molecule has 0 spiro atoms. The van der Waals surface area contributed by atoms with Gasteiger partial charge in [0.1, 0.15) is 5.82 Å². The molecular formula is C9H8ClFO4S. The van der Waals surface area contributed by atoms with Crippen molar-refractivity contribution in [3.8, 4) is 11.5 Å². The molecule has 1 aliphatic rings. The van der Waals surface area contributed by atoms with Crippen molar-refractivity contribution in [3.05, 3.63) is 23.5 Å². The summed E-state index contributed by atoms with van der Waals surface area (Å²) in [5.41, 5.74) is 0.244. The van der Waals surface area contributed by atoms with E-state index in [0.717, 1.165) is 0 Å². The van der Waals surface area contributed by atoms with Crippen LogP contribution in [-0.2, 0) is 15.5 Å². The molecule has 0 fully saturated rings. The number of benzene rings is 1. The lowest BCUT2D eigenvalue weighted by atomic mass is 10.1. The number of hydrogen-bond acceptors (Lipinski definition) is 4. The third-order valence-corrected chi connectivity index (χ3v) is 3.31. The van der Waals surface area contributed by atoms with E-state index in [0.29, 0.717) is 11.5 Å². The van der Waals surface area contributed by atoms with Gasteiger partial charge in [-0.15, -0.1) is 0 Å². The molecule has 0 aliphatic carbocycles. The second-order valence-electron chi connectivity index (χ2n) is 3.29. The maximum atomic E-state index is 13.4. The summed E-state index contributed by atoms with van der Waals surface area (Å²) < 4.78 is 44.9. The second kappa shape index (κ2) is 4.10. The third-order valence-electron chi connectivity index (χ3n) is 2.16. The summed E-state index contributed by atoms with van der Waals surface area (Å²) in [7, 11) is 1.43. The summed E-state index contributed by atoms with van der Waals surface area (Å²) in [6, 6.07) is 2.61. The molecule has 1 aromatic carbocycles. The normalized spacial score (nSPS) is 14.1. The first-order valence-electron chi connectivity index (χ1n) is 4.46. The van der Waals surface area contributed by atoms with Crippen molar-refractivity contribution in [2.75, 3.05) is 12.5 Å². The van der Waals surface area contributed by atoms with Gasteiger partial charge < -0.3 is 9.47 Å². The van der Waals surface area contributed by atoms with E-state index in [1.165, 1.54) is 12.1 Å². The van der Waals surface area contributed by atoms with Crippen LogP contribution in [-0.4, -0.2) is 21.0 Å². The molecule has 0 saturated heterocycles. The van der Waals surface area contributed by atoms with Crippen LogP contribution in [0.5, 0.6) is 11.5 Å². The largest absolute Gasteiger partial charge is 0.454 e. The van der Waals surface area contributed by atoms with Crippen molar-refractivity contribution in [2.45, 2.75) is 6.42 Å². The lowest BCUT2D eigenvalue weighted by Gasteiger charge is -2.03. The molecule has 0 bridgehead atoms. The quantitative estimate of drug-likeness (QED) is 0.781. The molecule has 0 amide bonds. The van der Waals surface area contributed by atoms with E-state index < -0.39 is 14.9 Å². The van der Waals surface area contributed by atoms with Crippen LogP contribution in [0.2, 0.25) is 0 Å². The highest BCUT2D eigenvalue weighted by Gasteiger charge is 2.18. The summed E-state index contributed by atoms with van der Waals surface area (Å²) >= 11 is 0. The number of ether oxygens (including phenoxy) is 2. The molecule has 0 radical (unpaired) electrons.